The van der Waals surface area contributed by atoms with Crippen molar-refractivity contribution in [2.45, 2.75) is 119 Å². The van der Waals surface area contributed by atoms with E-state index in [4.69, 9.17) is 0 Å². The van der Waals surface area contributed by atoms with E-state index < -0.39 is 0 Å². The molecule has 0 aromatic rings. The Morgan fingerprint density at radius 3 is 2.28 bits per heavy atom. The summed E-state index contributed by atoms with van der Waals surface area (Å²) < 4.78 is 0. The lowest BCUT2D eigenvalue weighted by molar-refractivity contribution is 0.137. The van der Waals surface area contributed by atoms with Gasteiger partial charge >= 0.3 is 0 Å². The molecule has 3 saturated carbocycles. The molecule has 1 nitrogen and oxygen atoms in total. The molecule has 1 heteroatoms. The predicted octanol–water partition coefficient (Wildman–Crippen LogP) is 9.45. The van der Waals surface area contributed by atoms with Crippen molar-refractivity contribution in [3.05, 3.63) is 47.6 Å². The van der Waals surface area contributed by atoms with Gasteiger partial charge in [0.1, 0.15) is 0 Å². The molecular weight excluding hydrogens is 388 g/mol. The van der Waals surface area contributed by atoms with Gasteiger partial charge in [0.2, 0.25) is 0 Å². The zero-order valence-electron chi connectivity index (χ0n) is 22.7. The fourth-order valence-corrected chi connectivity index (χ4v) is 5.68. The molecule has 0 aliphatic heterocycles. The van der Waals surface area contributed by atoms with Crippen molar-refractivity contribution >= 4 is 0 Å². The maximum atomic E-state index is 10.1. The largest absolute Gasteiger partial charge is 0.388 e. The first-order valence-corrected chi connectivity index (χ1v) is 13.6. The van der Waals surface area contributed by atoms with Gasteiger partial charge in [-0.15, -0.1) is 0 Å². The number of allylic oxidation sites excluding steroid dienone is 5. The minimum atomic E-state index is -0.325. The summed E-state index contributed by atoms with van der Waals surface area (Å²) in [5, 5.41) is 10.1. The highest BCUT2D eigenvalue weighted by Gasteiger charge is 2.48. The van der Waals surface area contributed by atoms with E-state index in [1.165, 1.54) is 44.1 Å². The molecule has 1 N–H and O–H groups in total. The van der Waals surface area contributed by atoms with Gasteiger partial charge in [-0.3, -0.25) is 0 Å². The molecule has 3 fully saturated rings. The lowest BCUT2D eigenvalue weighted by Crippen LogP contribution is -2.33. The van der Waals surface area contributed by atoms with Crippen molar-refractivity contribution in [2.75, 3.05) is 0 Å². The van der Waals surface area contributed by atoms with Crippen LogP contribution in [0.1, 0.15) is 113 Å². The molecule has 0 radical (unpaired) electrons. The van der Waals surface area contributed by atoms with Gasteiger partial charge in [-0.25, -0.2) is 0 Å². The zero-order chi connectivity index (χ0) is 24.3. The molecule has 4 atom stereocenters. The van der Waals surface area contributed by atoms with Crippen LogP contribution in [0.3, 0.4) is 0 Å². The number of aliphatic hydroxyl groups is 1. The van der Waals surface area contributed by atoms with Crippen molar-refractivity contribution in [2.24, 2.45) is 29.1 Å². The highest BCUT2D eigenvalue weighted by molar-refractivity contribution is 5.37. The van der Waals surface area contributed by atoms with E-state index in [0.717, 1.165) is 42.6 Å². The minimum Gasteiger partial charge on any atom is -0.388 e. The molecule has 0 aromatic heterocycles. The topological polar surface area (TPSA) is 20.2 Å². The van der Waals surface area contributed by atoms with Crippen molar-refractivity contribution in [1.82, 2.24) is 0 Å². The third kappa shape index (κ3) is 8.36. The Morgan fingerprint density at radius 1 is 1.00 bits per heavy atom. The van der Waals surface area contributed by atoms with Gasteiger partial charge in [0.05, 0.1) is 6.10 Å². The molecule has 3 rings (SSSR count). The first-order valence-electron chi connectivity index (χ1n) is 13.6. The van der Waals surface area contributed by atoms with Gasteiger partial charge in [-0.2, -0.15) is 0 Å². The Bertz CT molecular complexity index is 645. The van der Waals surface area contributed by atoms with Crippen LogP contribution >= 0.6 is 0 Å². The van der Waals surface area contributed by atoms with E-state index in [0.29, 0.717) is 11.3 Å². The molecule has 0 saturated heterocycles. The summed E-state index contributed by atoms with van der Waals surface area (Å²) in [6.07, 6.45) is 20.2. The fraction of sp³-hybridized carbons (Fsp3) is 0.742. The van der Waals surface area contributed by atoms with Crippen LogP contribution < -0.4 is 0 Å². The molecule has 184 valence electrons. The number of hydrogen-bond donors (Lipinski definition) is 1. The Labute approximate surface area is 201 Å². The summed E-state index contributed by atoms with van der Waals surface area (Å²) in [5.74, 6) is 3.09. The van der Waals surface area contributed by atoms with E-state index in [-0.39, 0.29) is 6.10 Å². The third-order valence-corrected chi connectivity index (χ3v) is 7.34. The standard InChI is InChI=1S/C25H38O.C4H10.C2H6/c1-18(2)8-5-11-22-15-16-23-21(10-7-17-25(22,23)4)14-13-20-9-6-12-24(26)19(20)3;1-4(2)3;1-2/h5,8,13-14,18,22-24,26H,3,6-7,9-12,15-17H2,1-2,4H3;4H,1-3H3;1-2H3/b8-5+,20-13-,21-14+;;. The van der Waals surface area contributed by atoms with Crippen LogP contribution in [0.15, 0.2) is 47.6 Å². The van der Waals surface area contributed by atoms with Crippen molar-refractivity contribution in [3.8, 4) is 0 Å². The molecular formula is C31H54O. The summed E-state index contributed by atoms with van der Waals surface area (Å²) in [7, 11) is 0. The average Bonchev–Trinajstić information content (AvgIpc) is 3.07. The van der Waals surface area contributed by atoms with E-state index in [2.05, 4.69) is 72.4 Å². The maximum Gasteiger partial charge on any atom is 0.0787 e. The molecule has 0 amide bonds. The van der Waals surface area contributed by atoms with Crippen LogP contribution in [0.2, 0.25) is 0 Å². The third-order valence-electron chi connectivity index (χ3n) is 7.34. The summed E-state index contributed by atoms with van der Waals surface area (Å²) in [4.78, 5) is 0. The Kier molecular flexibility index (Phi) is 12.9. The molecule has 0 heterocycles. The van der Waals surface area contributed by atoms with Gasteiger partial charge < -0.3 is 5.11 Å². The van der Waals surface area contributed by atoms with Crippen LogP contribution in [-0.2, 0) is 0 Å². The van der Waals surface area contributed by atoms with E-state index in [1.807, 2.05) is 13.8 Å². The maximum absolute atomic E-state index is 10.1. The van der Waals surface area contributed by atoms with Crippen molar-refractivity contribution in [1.29, 1.82) is 0 Å². The van der Waals surface area contributed by atoms with Crippen LogP contribution in [0.4, 0.5) is 0 Å². The lowest BCUT2D eigenvalue weighted by Gasteiger charge is -2.42. The summed E-state index contributed by atoms with van der Waals surface area (Å²) in [6, 6.07) is 0. The predicted molar refractivity (Wildman–Crippen MR) is 144 cm³/mol. The quantitative estimate of drug-likeness (QED) is 0.430. The molecule has 0 aromatic carbocycles. The Hall–Kier alpha value is -1.08. The lowest BCUT2D eigenvalue weighted by atomic mass is 9.63. The monoisotopic (exact) mass is 442 g/mol. The number of hydrogen-bond acceptors (Lipinski definition) is 1. The molecule has 0 spiro atoms. The molecule has 32 heavy (non-hydrogen) atoms. The highest BCUT2D eigenvalue weighted by Crippen LogP contribution is 2.58. The molecule has 3 aliphatic carbocycles. The first-order chi connectivity index (χ1) is 15.1. The van der Waals surface area contributed by atoms with Crippen LogP contribution in [0, 0.1) is 29.1 Å². The van der Waals surface area contributed by atoms with Gasteiger partial charge in [0, 0.05) is 0 Å². The van der Waals surface area contributed by atoms with Crippen LogP contribution in [-0.4, -0.2) is 11.2 Å². The van der Waals surface area contributed by atoms with Gasteiger partial charge in [-0.1, -0.05) is 91.8 Å². The first kappa shape index (κ1) is 29.0. The normalized spacial score (nSPS) is 32.7. The number of aliphatic hydroxyl groups excluding tert-OH is 1. The Balaban J connectivity index is 0.000000769. The second kappa shape index (κ2) is 14.2. The summed E-state index contributed by atoms with van der Waals surface area (Å²) in [6.45, 7) is 21.7. The van der Waals surface area contributed by atoms with Gasteiger partial charge in [0.25, 0.3) is 0 Å². The van der Waals surface area contributed by atoms with Crippen LogP contribution in [0.5, 0.6) is 0 Å². The fourth-order valence-electron chi connectivity index (χ4n) is 5.68. The zero-order valence-corrected chi connectivity index (χ0v) is 22.7. The minimum absolute atomic E-state index is 0.325. The van der Waals surface area contributed by atoms with Crippen LogP contribution in [0.25, 0.3) is 0 Å². The average molecular weight is 443 g/mol. The van der Waals surface area contributed by atoms with E-state index >= 15 is 0 Å². The molecule has 4 unspecified atom stereocenters. The van der Waals surface area contributed by atoms with Gasteiger partial charge in [0.15, 0.2) is 0 Å². The van der Waals surface area contributed by atoms with E-state index in [9.17, 15) is 5.11 Å². The number of rotatable bonds is 4. The Morgan fingerprint density at radius 2 is 1.66 bits per heavy atom. The molecule has 3 aliphatic rings. The van der Waals surface area contributed by atoms with Crippen molar-refractivity contribution < 1.29 is 5.11 Å². The van der Waals surface area contributed by atoms with E-state index in [1.54, 1.807) is 5.57 Å². The van der Waals surface area contributed by atoms with Crippen molar-refractivity contribution in [3.63, 3.8) is 0 Å². The second-order valence-corrected chi connectivity index (χ2v) is 11.2. The summed E-state index contributed by atoms with van der Waals surface area (Å²) in [5.41, 5.74) is 4.37. The SMILES string of the molecule is C=C1/C(=C\C=C2/CCCC3(C)C(C/C=C/C(C)C)CCC23)CCCC1O.CC.CC(C)C. The number of fused-ring (bicyclic) bond motifs is 1. The highest BCUT2D eigenvalue weighted by atomic mass is 16.3. The van der Waals surface area contributed by atoms with Gasteiger partial charge in [-0.05, 0) is 98.0 Å². The summed E-state index contributed by atoms with van der Waals surface area (Å²) >= 11 is 0. The smallest absolute Gasteiger partial charge is 0.0787 e. The second-order valence-electron chi connectivity index (χ2n) is 11.2. The molecule has 0 bridgehead atoms.